The van der Waals surface area contributed by atoms with E-state index in [0.29, 0.717) is 12.4 Å². The van der Waals surface area contributed by atoms with Gasteiger partial charge in [-0.25, -0.2) is 0 Å². The Morgan fingerprint density at radius 2 is 2.00 bits per heavy atom. The molecule has 0 unspecified atom stereocenters. The summed E-state index contributed by atoms with van der Waals surface area (Å²) in [5, 5.41) is 0. The van der Waals surface area contributed by atoms with E-state index in [0.717, 1.165) is 32.8 Å². The first-order chi connectivity index (χ1) is 11.7. The molecule has 2 heterocycles. The van der Waals surface area contributed by atoms with Crippen LogP contribution >= 0.6 is 15.9 Å². The van der Waals surface area contributed by atoms with Gasteiger partial charge in [0.1, 0.15) is 29.1 Å². The van der Waals surface area contributed by atoms with Crippen molar-refractivity contribution < 1.29 is 23.7 Å². The maximum Gasteiger partial charge on any atom is 0.188 e. The van der Waals surface area contributed by atoms with Crippen LogP contribution in [0.5, 0.6) is 23.0 Å². The number of benzene rings is 2. The summed E-state index contributed by atoms with van der Waals surface area (Å²) in [6.45, 7) is 0.776. The standard InChI is InChI=1S/C18H17BrO5/c1-20-9-23-10-3-4-11-15(5-10)22-8-13-12-6-14(19)17(21-2)7-16(12)24-18(11)13/h3-7,13,18H,8-9H2,1-2H3/t13-,18-/m1/s1. The fourth-order valence-electron chi connectivity index (χ4n) is 3.21. The average Bonchev–Trinajstić information content (AvgIpc) is 2.96. The van der Waals surface area contributed by atoms with E-state index in [1.165, 1.54) is 0 Å². The minimum atomic E-state index is -0.0563. The molecule has 2 aromatic carbocycles. The van der Waals surface area contributed by atoms with E-state index in [-0.39, 0.29) is 18.8 Å². The Labute approximate surface area is 148 Å². The van der Waals surface area contributed by atoms with Crippen LogP contribution in [0.1, 0.15) is 23.1 Å². The molecule has 2 atom stereocenters. The van der Waals surface area contributed by atoms with Gasteiger partial charge < -0.3 is 23.7 Å². The third-order valence-electron chi connectivity index (χ3n) is 4.36. The van der Waals surface area contributed by atoms with Crippen LogP contribution in [-0.2, 0) is 4.74 Å². The second-order valence-corrected chi connectivity index (χ2v) is 6.59. The van der Waals surface area contributed by atoms with Crippen molar-refractivity contribution in [2.24, 2.45) is 0 Å². The van der Waals surface area contributed by atoms with Crippen LogP contribution in [-0.4, -0.2) is 27.6 Å². The van der Waals surface area contributed by atoms with Crippen molar-refractivity contribution in [3.8, 4) is 23.0 Å². The van der Waals surface area contributed by atoms with Gasteiger partial charge >= 0.3 is 0 Å². The minimum Gasteiger partial charge on any atom is -0.495 e. The molecule has 6 heteroatoms. The summed E-state index contributed by atoms with van der Waals surface area (Å²) in [5.41, 5.74) is 2.17. The van der Waals surface area contributed by atoms with Gasteiger partial charge in [-0.15, -0.1) is 0 Å². The lowest BCUT2D eigenvalue weighted by atomic mass is 9.89. The molecular weight excluding hydrogens is 376 g/mol. The lowest BCUT2D eigenvalue weighted by Crippen LogP contribution is -2.23. The van der Waals surface area contributed by atoms with Crippen LogP contribution in [0.3, 0.4) is 0 Å². The van der Waals surface area contributed by atoms with Gasteiger partial charge in [0.15, 0.2) is 6.79 Å². The Bertz CT molecular complexity index is 776. The Morgan fingerprint density at radius 1 is 1.12 bits per heavy atom. The second kappa shape index (κ2) is 6.18. The number of hydrogen-bond acceptors (Lipinski definition) is 5. The zero-order valence-corrected chi connectivity index (χ0v) is 15.0. The summed E-state index contributed by atoms with van der Waals surface area (Å²) in [7, 11) is 3.24. The van der Waals surface area contributed by atoms with Crippen molar-refractivity contribution in [1.29, 1.82) is 0 Å². The third kappa shape index (κ3) is 2.50. The molecule has 0 amide bonds. The van der Waals surface area contributed by atoms with Gasteiger partial charge in [-0.2, -0.15) is 0 Å². The molecule has 0 aromatic heterocycles. The van der Waals surface area contributed by atoms with Crippen LogP contribution in [0.15, 0.2) is 34.8 Å². The summed E-state index contributed by atoms with van der Waals surface area (Å²) in [4.78, 5) is 0. The van der Waals surface area contributed by atoms with Gasteiger partial charge in [0, 0.05) is 30.4 Å². The number of halogens is 1. The van der Waals surface area contributed by atoms with Crippen molar-refractivity contribution in [2.45, 2.75) is 12.0 Å². The molecule has 2 aliphatic heterocycles. The number of ether oxygens (including phenoxy) is 5. The minimum absolute atomic E-state index is 0.0563. The summed E-state index contributed by atoms with van der Waals surface area (Å²) < 4.78 is 28.9. The lowest BCUT2D eigenvalue weighted by molar-refractivity contribution is 0.0506. The van der Waals surface area contributed by atoms with E-state index < -0.39 is 0 Å². The molecule has 0 bridgehead atoms. The van der Waals surface area contributed by atoms with Crippen molar-refractivity contribution in [3.63, 3.8) is 0 Å². The molecule has 0 saturated heterocycles. The zero-order valence-electron chi connectivity index (χ0n) is 13.4. The third-order valence-corrected chi connectivity index (χ3v) is 4.98. The quantitative estimate of drug-likeness (QED) is 0.734. The maximum absolute atomic E-state index is 6.21. The second-order valence-electron chi connectivity index (χ2n) is 5.73. The number of fused-ring (bicyclic) bond motifs is 5. The summed E-state index contributed by atoms with van der Waals surface area (Å²) >= 11 is 3.54. The van der Waals surface area contributed by atoms with Crippen LogP contribution < -0.4 is 18.9 Å². The first-order valence-electron chi connectivity index (χ1n) is 7.64. The molecule has 0 spiro atoms. The van der Waals surface area contributed by atoms with Crippen LogP contribution in [0.25, 0.3) is 0 Å². The normalized spacial score (nSPS) is 20.3. The predicted molar refractivity (Wildman–Crippen MR) is 91.2 cm³/mol. The molecule has 0 saturated carbocycles. The first kappa shape index (κ1) is 15.6. The molecule has 126 valence electrons. The van der Waals surface area contributed by atoms with Crippen molar-refractivity contribution in [2.75, 3.05) is 27.6 Å². The SMILES string of the molecule is COCOc1ccc2c(c1)OC[C@@H]1c3cc(Br)c(OC)cc3O[C@H]21. The van der Waals surface area contributed by atoms with Crippen molar-refractivity contribution in [3.05, 3.63) is 45.9 Å². The first-order valence-corrected chi connectivity index (χ1v) is 8.43. The van der Waals surface area contributed by atoms with E-state index >= 15 is 0 Å². The average molecular weight is 393 g/mol. The Morgan fingerprint density at radius 3 is 2.79 bits per heavy atom. The zero-order chi connectivity index (χ0) is 16.7. The highest BCUT2D eigenvalue weighted by molar-refractivity contribution is 9.10. The molecule has 2 aromatic rings. The van der Waals surface area contributed by atoms with Gasteiger partial charge in [-0.1, -0.05) is 0 Å². The molecule has 0 N–H and O–H groups in total. The summed E-state index contributed by atoms with van der Waals surface area (Å²) in [6, 6.07) is 9.77. The Kier molecular flexibility index (Phi) is 4.02. The monoisotopic (exact) mass is 392 g/mol. The molecule has 0 radical (unpaired) electrons. The Hall–Kier alpha value is -1.92. The van der Waals surface area contributed by atoms with E-state index in [1.54, 1.807) is 14.2 Å². The summed E-state index contributed by atoms with van der Waals surface area (Å²) in [6.07, 6.45) is -0.0563. The predicted octanol–water partition coefficient (Wildman–Crippen LogP) is 4.05. The molecule has 2 aliphatic rings. The summed E-state index contributed by atoms with van der Waals surface area (Å²) in [5.74, 6) is 3.29. The number of hydrogen-bond donors (Lipinski definition) is 0. The van der Waals surface area contributed by atoms with E-state index in [2.05, 4.69) is 22.0 Å². The fraction of sp³-hybridized carbons (Fsp3) is 0.333. The van der Waals surface area contributed by atoms with Crippen LogP contribution in [0, 0.1) is 0 Å². The fourth-order valence-corrected chi connectivity index (χ4v) is 3.73. The molecule has 4 rings (SSSR count). The van der Waals surface area contributed by atoms with E-state index in [1.807, 2.05) is 24.3 Å². The van der Waals surface area contributed by atoms with E-state index in [4.69, 9.17) is 23.7 Å². The Balaban J connectivity index is 1.66. The topological polar surface area (TPSA) is 46.2 Å². The van der Waals surface area contributed by atoms with Gasteiger partial charge in [-0.3, -0.25) is 0 Å². The number of rotatable bonds is 4. The van der Waals surface area contributed by atoms with Crippen LogP contribution in [0.4, 0.5) is 0 Å². The molecule has 24 heavy (non-hydrogen) atoms. The van der Waals surface area contributed by atoms with Crippen molar-refractivity contribution >= 4 is 15.9 Å². The van der Waals surface area contributed by atoms with Gasteiger partial charge in [0.05, 0.1) is 24.1 Å². The highest BCUT2D eigenvalue weighted by Gasteiger charge is 2.41. The lowest BCUT2D eigenvalue weighted by Gasteiger charge is -2.28. The number of methoxy groups -OCH3 is 2. The highest BCUT2D eigenvalue weighted by atomic mass is 79.9. The van der Waals surface area contributed by atoms with Gasteiger partial charge in [-0.05, 0) is 34.1 Å². The maximum atomic E-state index is 6.21. The van der Waals surface area contributed by atoms with Crippen molar-refractivity contribution in [1.82, 2.24) is 0 Å². The largest absolute Gasteiger partial charge is 0.495 e. The molecule has 0 aliphatic carbocycles. The molecule has 0 fully saturated rings. The smallest absolute Gasteiger partial charge is 0.188 e. The van der Waals surface area contributed by atoms with Gasteiger partial charge in [0.2, 0.25) is 0 Å². The van der Waals surface area contributed by atoms with E-state index in [9.17, 15) is 0 Å². The molecule has 5 nitrogen and oxygen atoms in total. The van der Waals surface area contributed by atoms with Gasteiger partial charge in [0.25, 0.3) is 0 Å². The molecular formula is C18H17BrO5. The van der Waals surface area contributed by atoms with Crippen LogP contribution in [0.2, 0.25) is 0 Å². The highest BCUT2D eigenvalue weighted by Crippen LogP contribution is 2.53.